The van der Waals surface area contributed by atoms with Crippen LogP contribution in [0.5, 0.6) is 5.75 Å². The second kappa shape index (κ2) is 8.31. The predicted octanol–water partition coefficient (Wildman–Crippen LogP) is 3.80. The van der Waals surface area contributed by atoms with Crippen LogP contribution in [-0.4, -0.2) is 46.0 Å². The highest BCUT2D eigenvalue weighted by molar-refractivity contribution is 7.13. The fourth-order valence-corrected chi connectivity index (χ4v) is 4.55. The van der Waals surface area contributed by atoms with Gasteiger partial charge in [0.1, 0.15) is 11.8 Å². The molecule has 1 fully saturated rings. The minimum atomic E-state index is -0.481. The SMILES string of the molecule is COc1ccc(-n2c(C)cc(C(=O)N3CCCC3C(=O)Nc3nccs3)c2C)cc1. The van der Waals surface area contributed by atoms with Gasteiger partial charge in [0, 0.05) is 35.2 Å². The van der Waals surface area contributed by atoms with E-state index in [0.717, 1.165) is 29.2 Å². The molecule has 1 aliphatic rings. The van der Waals surface area contributed by atoms with E-state index in [4.69, 9.17) is 4.74 Å². The summed E-state index contributed by atoms with van der Waals surface area (Å²) in [5, 5.41) is 5.19. The van der Waals surface area contributed by atoms with Crippen molar-refractivity contribution in [3.05, 3.63) is 58.9 Å². The van der Waals surface area contributed by atoms with Gasteiger partial charge in [-0.3, -0.25) is 9.59 Å². The first-order valence-electron chi connectivity index (χ1n) is 9.84. The van der Waals surface area contributed by atoms with Gasteiger partial charge in [0.15, 0.2) is 5.13 Å². The van der Waals surface area contributed by atoms with Crippen molar-refractivity contribution in [2.75, 3.05) is 19.0 Å². The van der Waals surface area contributed by atoms with Gasteiger partial charge in [-0.1, -0.05) is 0 Å². The number of ether oxygens (including phenoxy) is 1. The molecule has 156 valence electrons. The van der Waals surface area contributed by atoms with Crippen molar-refractivity contribution in [1.29, 1.82) is 0 Å². The summed E-state index contributed by atoms with van der Waals surface area (Å²) in [7, 11) is 1.63. The van der Waals surface area contributed by atoms with Gasteiger partial charge in [0.05, 0.1) is 12.7 Å². The number of likely N-dealkylation sites (tertiary alicyclic amines) is 1. The lowest BCUT2D eigenvalue weighted by Gasteiger charge is -2.23. The number of nitrogens with zero attached hydrogens (tertiary/aromatic N) is 3. The topological polar surface area (TPSA) is 76.5 Å². The second-order valence-electron chi connectivity index (χ2n) is 7.30. The molecular formula is C22H24N4O3S. The number of aryl methyl sites for hydroxylation is 1. The average Bonchev–Trinajstić information content (AvgIpc) is 3.48. The molecule has 1 N–H and O–H groups in total. The van der Waals surface area contributed by atoms with E-state index >= 15 is 0 Å². The molecule has 4 rings (SSSR count). The number of hydrogen-bond acceptors (Lipinski definition) is 5. The summed E-state index contributed by atoms with van der Waals surface area (Å²) in [5.41, 5.74) is 3.40. The van der Waals surface area contributed by atoms with Crippen molar-refractivity contribution in [1.82, 2.24) is 14.5 Å². The van der Waals surface area contributed by atoms with E-state index in [0.29, 0.717) is 23.7 Å². The molecule has 1 saturated heterocycles. The monoisotopic (exact) mass is 424 g/mol. The van der Waals surface area contributed by atoms with Crippen LogP contribution in [-0.2, 0) is 4.79 Å². The maximum absolute atomic E-state index is 13.4. The van der Waals surface area contributed by atoms with Crippen molar-refractivity contribution in [2.45, 2.75) is 32.7 Å². The van der Waals surface area contributed by atoms with E-state index in [-0.39, 0.29) is 11.8 Å². The number of benzene rings is 1. The molecule has 1 aliphatic heterocycles. The summed E-state index contributed by atoms with van der Waals surface area (Å²) in [5.74, 6) is 0.489. The van der Waals surface area contributed by atoms with Crippen LogP contribution in [0.2, 0.25) is 0 Å². The summed E-state index contributed by atoms with van der Waals surface area (Å²) in [6.45, 7) is 4.48. The summed E-state index contributed by atoms with van der Waals surface area (Å²) >= 11 is 1.37. The minimum absolute atomic E-state index is 0.111. The molecule has 3 aromatic rings. The molecule has 2 amide bonds. The lowest BCUT2D eigenvalue weighted by molar-refractivity contribution is -0.119. The van der Waals surface area contributed by atoms with Crippen LogP contribution in [0.3, 0.4) is 0 Å². The van der Waals surface area contributed by atoms with Crippen LogP contribution < -0.4 is 10.1 Å². The summed E-state index contributed by atoms with van der Waals surface area (Å²) in [6.07, 6.45) is 3.10. The van der Waals surface area contributed by atoms with Crippen LogP contribution in [0.15, 0.2) is 41.9 Å². The molecule has 1 unspecified atom stereocenters. The van der Waals surface area contributed by atoms with Crippen LogP contribution in [0, 0.1) is 13.8 Å². The number of nitrogens with one attached hydrogen (secondary N) is 1. The lowest BCUT2D eigenvalue weighted by atomic mass is 10.1. The maximum atomic E-state index is 13.4. The number of hydrogen-bond donors (Lipinski definition) is 1. The number of carbonyl (C=O) groups is 2. The molecule has 8 heteroatoms. The molecule has 1 atom stereocenters. The molecule has 1 aromatic carbocycles. The molecule has 0 aliphatic carbocycles. The normalized spacial score (nSPS) is 16.0. The van der Waals surface area contributed by atoms with Gasteiger partial charge in [-0.25, -0.2) is 4.98 Å². The number of aromatic nitrogens is 2. The van der Waals surface area contributed by atoms with Gasteiger partial charge < -0.3 is 19.5 Å². The zero-order valence-corrected chi connectivity index (χ0v) is 18.0. The van der Waals surface area contributed by atoms with E-state index in [1.165, 1.54) is 11.3 Å². The minimum Gasteiger partial charge on any atom is -0.497 e. The van der Waals surface area contributed by atoms with Crippen molar-refractivity contribution in [2.24, 2.45) is 0 Å². The number of carbonyl (C=O) groups excluding carboxylic acids is 2. The molecule has 30 heavy (non-hydrogen) atoms. The van der Waals surface area contributed by atoms with Crippen LogP contribution in [0.1, 0.15) is 34.6 Å². The van der Waals surface area contributed by atoms with Gasteiger partial charge in [0.2, 0.25) is 5.91 Å². The van der Waals surface area contributed by atoms with Crippen LogP contribution in [0.4, 0.5) is 5.13 Å². The number of thiazole rings is 1. The summed E-state index contributed by atoms with van der Waals surface area (Å²) < 4.78 is 7.29. The van der Waals surface area contributed by atoms with Crippen molar-refractivity contribution in [3.63, 3.8) is 0 Å². The summed E-state index contributed by atoms with van der Waals surface area (Å²) in [4.78, 5) is 31.9. The van der Waals surface area contributed by atoms with Crippen LogP contribution >= 0.6 is 11.3 Å². The smallest absolute Gasteiger partial charge is 0.256 e. The predicted molar refractivity (Wildman–Crippen MR) is 117 cm³/mol. The average molecular weight is 425 g/mol. The fraction of sp³-hybridized carbons (Fsp3) is 0.318. The lowest BCUT2D eigenvalue weighted by Crippen LogP contribution is -2.43. The summed E-state index contributed by atoms with van der Waals surface area (Å²) in [6, 6.07) is 9.14. The largest absolute Gasteiger partial charge is 0.497 e. The van der Waals surface area contributed by atoms with Gasteiger partial charge in [-0.15, -0.1) is 11.3 Å². The first-order chi connectivity index (χ1) is 14.5. The Morgan fingerprint density at radius 3 is 2.67 bits per heavy atom. The molecule has 0 radical (unpaired) electrons. The van der Waals surface area contributed by atoms with Crippen molar-refractivity contribution >= 4 is 28.3 Å². The maximum Gasteiger partial charge on any atom is 0.256 e. The van der Waals surface area contributed by atoms with E-state index in [1.807, 2.05) is 48.7 Å². The molecule has 0 spiro atoms. The van der Waals surface area contributed by atoms with E-state index < -0.39 is 6.04 Å². The highest BCUT2D eigenvalue weighted by Gasteiger charge is 2.36. The Kier molecular flexibility index (Phi) is 5.59. The first-order valence-corrected chi connectivity index (χ1v) is 10.7. The van der Waals surface area contributed by atoms with Crippen LogP contribution in [0.25, 0.3) is 5.69 Å². The highest BCUT2D eigenvalue weighted by Crippen LogP contribution is 2.27. The third-order valence-corrected chi connectivity index (χ3v) is 6.16. The molecule has 2 aromatic heterocycles. The van der Waals surface area contributed by atoms with E-state index in [2.05, 4.69) is 10.3 Å². The third-order valence-electron chi connectivity index (χ3n) is 5.47. The number of anilines is 1. The quantitative estimate of drug-likeness (QED) is 0.676. The molecular weight excluding hydrogens is 400 g/mol. The van der Waals surface area contributed by atoms with E-state index in [1.54, 1.807) is 23.6 Å². The number of methoxy groups -OCH3 is 1. The Labute approximate surface area is 179 Å². The Morgan fingerprint density at radius 2 is 2.00 bits per heavy atom. The zero-order chi connectivity index (χ0) is 21.3. The van der Waals surface area contributed by atoms with Crippen molar-refractivity contribution in [3.8, 4) is 11.4 Å². The molecule has 0 bridgehead atoms. The molecule has 3 heterocycles. The number of amides is 2. The molecule has 7 nitrogen and oxygen atoms in total. The fourth-order valence-electron chi connectivity index (χ4n) is 4.02. The first kappa shape index (κ1) is 20.2. The van der Waals surface area contributed by atoms with Gasteiger partial charge in [-0.2, -0.15) is 0 Å². The highest BCUT2D eigenvalue weighted by atomic mass is 32.1. The van der Waals surface area contributed by atoms with E-state index in [9.17, 15) is 9.59 Å². The molecule has 0 saturated carbocycles. The van der Waals surface area contributed by atoms with Gasteiger partial charge in [-0.05, 0) is 57.0 Å². The Morgan fingerprint density at radius 1 is 1.23 bits per heavy atom. The Bertz CT molecular complexity index is 1060. The van der Waals surface area contributed by atoms with Gasteiger partial charge >= 0.3 is 0 Å². The Hall–Kier alpha value is -3.13. The number of rotatable bonds is 5. The second-order valence-corrected chi connectivity index (χ2v) is 8.20. The Balaban J connectivity index is 1.58. The van der Waals surface area contributed by atoms with Crippen molar-refractivity contribution < 1.29 is 14.3 Å². The third kappa shape index (κ3) is 3.70. The zero-order valence-electron chi connectivity index (χ0n) is 17.2. The standard InChI is InChI=1S/C22H24N4O3S/c1-14-13-18(15(2)26(14)16-6-8-17(29-3)9-7-16)21(28)25-11-4-5-19(25)20(27)24-22-23-10-12-30-22/h6-10,12-13,19H,4-5,11H2,1-3H3,(H,23,24,27). The van der Waals surface area contributed by atoms with Gasteiger partial charge in [0.25, 0.3) is 5.91 Å².